The van der Waals surface area contributed by atoms with Crippen molar-refractivity contribution in [3.05, 3.63) is 28.2 Å². The Morgan fingerprint density at radius 1 is 1.40 bits per heavy atom. The van der Waals surface area contributed by atoms with Crippen molar-refractivity contribution in [2.75, 3.05) is 14.1 Å². The van der Waals surface area contributed by atoms with Crippen molar-refractivity contribution in [2.45, 2.75) is 32.9 Å². The lowest BCUT2D eigenvalue weighted by Crippen LogP contribution is -2.27. The van der Waals surface area contributed by atoms with Gasteiger partial charge in [0.25, 0.3) is 0 Å². The summed E-state index contributed by atoms with van der Waals surface area (Å²) in [4.78, 5) is 24.9. The molecule has 0 spiro atoms. The summed E-state index contributed by atoms with van der Waals surface area (Å²) in [6, 6.07) is 0.502. The molecule has 0 aromatic carbocycles. The number of pyridine rings is 1. The van der Waals surface area contributed by atoms with Gasteiger partial charge in [-0.2, -0.15) is 0 Å². The Labute approximate surface area is 118 Å². The Balaban J connectivity index is 3.34. The highest BCUT2D eigenvalue weighted by Crippen LogP contribution is 2.21. The second kappa shape index (κ2) is 6.56. The Hall–Kier alpha value is -1.82. The van der Waals surface area contributed by atoms with Gasteiger partial charge in [0.2, 0.25) is 5.43 Å². The summed E-state index contributed by atoms with van der Waals surface area (Å²) < 4.78 is 1.49. The van der Waals surface area contributed by atoms with E-state index in [0.717, 1.165) is 0 Å². The van der Waals surface area contributed by atoms with Crippen molar-refractivity contribution in [2.24, 2.45) is 5.92 Å². The number of carboxylic acid groups (broad SMARTS) is 1. The number of hydrogen-bond acceptors (Lipinski definition) is 4. The van der Waals surface area contributed by atoms with Gasteiger partial charge in [-0.15, -0.1) is 0 Å². The largest absolute Gasteiger partial charge is 0.503 e. The van der Waals surface area contributed by atoms with E-state index in [9.17, 15) is 19.8 Å². The van der Waals surface area contributed by atoms with Gasteiger partial charge in [-0.3, -0.25) is 4.79 Å². The maximum Gasteiger partial charge on any atom is 0.326 e. The van der Waals surface area contributed by atoms with Crippen molar-refractivity contribution in [3.63, 3.8) is 0 Å². The normalized spacial score (nSPS) is 12.9. The van der Waals surface area contributed by atoms with Crippen LogP contribution in [-0.2, 0) is 11.3 Å². The summed E-state index contributed by atoms with van der Waals surface area (Å²) in [7, 11) is 3.67. The fourth-order valence-electron chi connectivity index (χ4n) is 2.10. The van der Waals surface area contributed by atoms with E-state index in [1.807, 2.05) is 32.8 Å². The van der Waals surface area contributed by atoms with Crippen LogP contribution < -0.4 is 5.43 Å². The fraction of sp³-hybridized carbons (Fsp3) is 0.571. The summed E-state index contributed by atoms with van der Waals surface area (Å²) in [5, 5.41) is 19.0. The second-order valence-corrected chi connectivity index (χ2v) is 5.64. The summed E-state index contributed by atoms with van der Waals surface area (Å²) in [6.07, 6.45) is 1.65. The number of carboxylic acids is 1. The predicted octanol–water partition coefficient (Wildman–Crippen LogP) is 1.29. The summed E-state index contributed by atoms with van der Waals surface area (Å²) in [6.45, 7) is 4.30. The van der Waals surface area contributed by atoms with E-state index in [0.29, 0.717) is 18.7 Å². The lowest BCUT2D eigenvalue weighted by Gasteiger charge is -2.23. The van der Waals surface area contributed by atoms with Gasteiger partial charge in [0.1, 0.15) is 6.04 Å². The molecule has 0 aliphatic carbocycles. The van der Waals surface area contributed by atoms with Gasteiger partial charge in [-0.25, -0.2) is 4.79 Å². The number of hydrogen-bond donors (Lipinski definition) is 2. The number of rotatable bonds is 6. The van der Waals surface area contributed by atoms with Crippen LogP contribution in [0.25, 0.3) is 0 Å². The van der Waals surface area contributed by atoms with Crippen molar-refractivity contribution in [1.29, 1.82) is 0 Å². The molecule has 0 aliphatic rings. The monoisotopic (exact) mass is 282 g/mol. The highest BCUT2D eigenvalue weighted by Gasteiger charge is 2.23. The highest BCUT2D eigenvalue weighted by molar-refractivity contribution is 5.72. The van der Waals surface area contributed by atoms with Crippen LogP contribution >= 0.6 is 0 Å². The zero-order valence-electron chi connectivity index (χ0n) is 12.3. The molecule has 1 aromatic heterocycles. The third-order valence-electron chi connectivity index (χ3n) is 2.94. The van der Waals surface area contributed by atoms with E-state index < -0.39 is 23.2 Å². The Bertz CT molecular complexity index is 534. The molecule has 2 N–H and O–H groups in total. The standard InChI is InChI=1S/C14H22N2O4/c1-9(2)5-11(14(19)20)16-8-13(18)12(17)6-10(16)7-15(3)4/h6,8-9,11,18H,5,7H2,1-4H3,(H,19,20). The molecule has 0 saturated carbocycles. The third kappa shape index (κ3) is 4.09. The zero-order valence-corrected chi connectivity index (χ0v) is 12.3. The van der Waals surface area contributed by atoms with Crippen molar-refractivity contribution in [3.8, 4) is 5.75 Å². The molecule has 0 radical (unpaired) electrons. The summed E-state index contributed by atoms with van der Waals surface area (Å²) >= 11 is 0. The Morgan fingerprint density at radius 2 is 2.00 bits per heavy atom. The van der Waals surface area contributed by atoms with Gasteiger partial charge in [-0.1, -0.05) is 13.8 Å². The quantitative estimate of drug-likeness (QED) is 0.821. The van der Waals surface area contributed by atoms with Crippen LogP contribution in [0.2, 0.25) is 0 Å². The van der Waals surface area contributed by atoms with Gasteiger partial charge in [-0.05, 0) is 26.4 Å². The van der Waals surface area contributed by atoms with E-state index >= 15 is 0 Å². The molecule has 20 heavy (non-hydrogen) atoms. The van der Waals surface area contributed by atoms with Crippen LogP contribution in [0.3, 0.4) is 0 Å². The first-order chi connectivity index (χ1) is 9.22. The molecule has 1 rings (SSSR count). The molecule has 0 saturated heterocycles. The molecule has 1 aromatic rings. The molecule has 1 unspecified atom stereocenters. The van der Waals surface area contributed by atoms with E-state index in [1.165, 1.54) is 16.8 Å². The van der Waals surface area contributed by atoms with Crippen LogP contribution in [0.4, 0.5) is 0 Å². The number of aromatic hydroxyl groups is 1. The van der Waals surface area contributed by atoms with Crippen LogP contribution in [0.5, 0.6) is 5.75 Å². The first kappa shape index (κ1) is 16.2. The van der Waals surface area contributed by atoms with Crippen LogP contribution in [0, 0.1) is 5.92 Å². The lowest BCUT2D eigenvalue weighted by molar-refractivity contribution is -0.141. The van der Waals surface area contributed by atoms with Gasteiger partial charge in [0.05, 0.1) is 6.20 Å². The van der Waals surface area contributed by atoms with Gasteiger partial charge in [0.15, 0.2) is 5.75 Å². The van der Waals surface area contributed by atoms with Crippen molar-refractivity contribution >= 4 is 5.97 Å². The first-order valence-corrected chi connectivity index (χ1v) is 6.54. The van der Waals surface area contributed by atoms with E-state index in [4.69, 9.17) is 0 Å². The highest BCUT2D eigenvalue weighted by atomic mass is 16.4. The van der Waals surface area contributed by atoms with Gasteiger partial charge < -0.3 is 19.7 Å². The maximum absolute atomic E-state index is 11.6. The van der Waals surface area contributed by atoms with Gasteiger partial charge in [0, 0.05) is 18.3 Å². The predicted molar refractivity (Wildman–Crippen MR) is 75.9 cm³/mol. The summed E-state index contributed by atoms with van der Waals surface area (Å²) in [5.41, 5.74) is 0.0811. The lowest BCUT2D eigenvalue weighted by atomic mass is 10.0. The minimum Gasteiger partial charge on any atom is -0.503 e. The number of aromatic nitrogens is 1. The fourth-order valence-corrected chi connectivity index (χ4v) is 2.10. The van der Waals surface area contributed by atoms with Crippen molar-refractivity contribution in [1.82, 2.24) is 9.47 Å². The summed E-state index contributed by atoms with van der Waals surface area (Å²) in [5.74, 6) is -1.21. The van der Waals surface area contributed by atoms with Crippen LogP contribution in [0.1, 0.15) is 32.0 Å². The van der Waals surface area contributed by atoms with Crippen LogP contribution in [0.15, 0.2) is 17.1 Å². The topological polar surface area (TPSA) is 82.8 Å². The maximum atomic E-state index is 11.6. The Morgan fingerprint density at radius 3 is 2.45 bits per heavy atom. The minimum atomic E-state index is -0.971. The number of aliphatic carboxylic acids is 1. The molecule has 1 heterocycles. The molecular formula is C14H22N2O4. The molecule has 0 bridgehead atoms. The SMILES string of the molecule is CC(C)CC(C(=O)O)n1cc(O)c(=O)cc1CN(C)C. The molecular weight excluding hydrogens is 260 g/mol. The molecule has 1 atom stereocenters. The molecule has 6 heteroatoms. The van der Waals surface area contributed by atoms with Crippen LogP contribution in [-0.4, -0.2) is 39.7 Å². The Kier molecular flexibility index (Phi) is 5.33. The smallest absolute Gasteiger partial charge is 0.326 e. The van der Waals surface area contributed by atoms with E-state index in [2.05, 4.69) is 0 Å². The molecule has 0 aliphatic heterocycles. The molecule has 6 nitrogen and oxygen atoms in total. The van der Waals surface area contributed by atoms with E-state index in [-0.39, 0.29) is 5.92 Å². The average Bonchev–Trinajstić information content (AvgIpc) is 2.29. The zero-order chi connectivity index (χ0) is 15.4. The molecule has 0 amide bonds. The number of carbonyl (C=O) groups is 1. The number of nitrogens with zero attached hydrogens (tertiary/aromatic N) is 2. The molecule has 112 valence electrons. The first-order valence-electron chi connectivity index (χ1n) is 6.54. The second-order valence-electron chi connectivity index (χ2n) is 5.64. The third-order valence-corrected chi connectivity index (χ3v) is 2.94. The molecule has 0 fully saturated rings. The minimum absolute atomic E-state index is 0.185. The van der Waals surface area contributed by atoms with Gasteiger partial charge >= 0.3 is 5.97 Å². The van der Waals surface area contributed by atoms with Crippen molar-refractivity contribution < 1.29 is 15.0 Å². The van der Waals surface area contributed by atoms with E-state index in [1.54, 1.807) is 0 Å². The average molecular weight is 282 g/mol.